The van der Waals surface area contributed by atoms with Gasteiger partial charge in [-0.3, -0.25) is 4.18 Å². The third-order valence-electron chi connectivity index (χ3n) is 3.49. The number of benzene rings is 1. The van der Waals surface area contributed by atoms with Crippen molar-refractivity contribution in [2.75, 3.05) is 13.4 Å². The summed E-state index contributed by atoms with van der Waals surface area (Å²) >= 11 is 6.17. The molecule has 0 aliphatic carbocycles. The lowest BCUT2D eigenvalue weighted by Crippen LogP contribution is -2.12. The van der Waals surface area contributed by atoms with E-state index in [1.165, 1.54) is 7.11 Å². The molecule has 0 saturated heterocycles. The molecular formula is C18H23ClN2O5S. The lowest BCUT2D eigenvalue weighted by molar-refractivity contribution is 0.267. The van der Waals surface area contributed by atoms with Crippen molar-refractivity contribution in [1.82, 2.24) is 9.97 Å². The molecule has 1 aromatic carbocycles. The highest BCUT2D eigenvalue weighted by Crippen LogP contribution is 2.26. The van der Waals surface area contributed by atoms with Gasteiger partial charge in [0.1, 0.15) is 24.6 Å². The quantitative estimate of drug-likeness (QED) is 0.581. The molecule has 0 aliphatic rings. The van der Waals surface area contributed by atoms with Gasteiger partial charge < -0.3 is 9.47 Å². The van der Waals surface area contributed by atoms with Gasteiger partial charge in [0.25, 0.3) is 10.1 Å². The lowest BCUT2D eigenvalue weighted by atomic mass is 10.1. The first-order chi connectivity index (χ1) is 12.7. The molecule has 1 aromatic heterocycles. The zero-order chi connectivity index (χ0) is 20.0. The van der Waals surface area contributed by atoms with Gasteiger partial charge in [-0.1, -0.05) is 43.6 Å². The van der Waals surface area contributed by atoms with Crippen LogP contribution in [0.2, 0.25) is 5.02 Å². The van der Waals surface area contributed by atoms with Crippen LogP contribution in [0.1, 0.15) is 30.8 Å². The van der Waals surface area contributed by atoms with Crippen molar-refractivity contribution >= 4 is 21.7 Å². The maximum atomic E-state index is 11.3. The number of hydrogen-bond donors (Lipinski definition) is 0. The predicted molar refractivity (Wildman–Crippen MR) is 103 cm³/mol. The van der Waals surface area contributed by atoms with Crippen LogP contribution >= 0.6 is 11.6 Å². The van der Waals surface area contributed by atoms with Gasteiger partial charge in [-0.15, -0.1) is 0 Å². The van der Waals surface area contributed by atoms with Crippen LogP contribution in [0.4, 0.5) is 0 Å². The van der Waals surface area contributed by atoms with E-state index in [2.05, 4.69) is 9.97 Å². The normalized spacial score (nSPS) is 11.6. The zero-order valence-electron chi connectivity index (χ0n) is 15.7. The summed E-state index contributed by atoms with van der Waals surface area (Å²) in [6, 6.07) is 7.34. The Kier molecular flexibility index (Phi) is 7.41. The molecule has 7 nitrogen and oxygen atoms in total. The van der Waals surface area contributed by atoms with Gasteiger partial charge in [-0.25, -0.2) is 9.97 Å². The van der Waals surface area contributed by atoms with E-state index in [4.69, 9.17) is 25.3 Å². The Balaban J connectivity index is 2.34. The molecule has 0 radical (unpaired) electrons. The predicted octanol–water partition coefficient (Wildman–Crippen LogP) is 3.39. The van der Waals surface area contributed by atoms with Crippen molar-refractivity contribution in [3.05, 3.63) is 46.2 Å². The van der Waals surface area contributed by atoms with Gasteiger partial charge >= 0.3 is 0 Å². The van der Waals surface area contributed by atoms with Crippen LogP contribution < -0.4 is 9.47 Å². The molecule has 0 spiro atoms. The Labute approximate surface area is 164 Å². The van der Waals surface area contributed by atoms with E-state index in [0.29, 0.717) is 28.9 Å². The fourth-order valence-corrected chi connectivity index (χ4v) is 2.80. The van der Waals surface area contributed by atoms with Crippen LogP contribution in [0.15, 0.2) is 24.3 Å². The molecule has 1 heterocycles. The molecule has 0 saturated carbocycles. The van der Waals surface area contributed by atoms with Gasteiger partial charge in [0.05, 0.1) is 13.4 Å². The minimum atomic E-state index is -3.63. The summed E-state index contributed by atoms with van der Waals surface area (Å²) < 4.78 is 38.5. The van der Waals surface area contributed by atoms with Gasteiger partial charge in [-0.05, 0) is 18.4 Å². The number of nitrogens with zero attached hydrogens (tertiary/aromatic N) is 2. The topological polar surface area (TPSA) is 87.6 Å². The van der Waals surface area contributed by atoms with Crippen molar-refractivity contribution < 1.29 is 22.1 Å². The van der Waals surface area contributed by atoms with Crippen molar-refractivity contribution in [3.8, 4) is 11.8 Å². The van der Waals surface area contributed by atoms with Gasteiger partial charge in [0.2, 0.25) is 11.8 Å². The third-order valence-corrected chi connectivity index (χ3v) is 4.41. The summed E-state index contributed by atoms with van der Waals surface area (Å²) in [5.41, 5.74) is 1.67. The molecule has 9 heteroatoms. The summed E-state index contributed by atoms with van der Waals surface area (Å²) in [6.45, 7) is 4.01. The zero-order valence-corrected chi connectivity index (χ0v) is 17.3. The Morgan fingerprint density at radius 1 is 1.07 bits per heavy atom. The Bertz CT molecular complexity index is 887. The van der Waals surface area contributed by atoms with E-state index >= 15 is 0 Å². The van der Waals surface area contributed by atoms with E-state index in [1.54, 1.807) is 6.07 Å². The second-order valence-electron chi connectivity index (χ2n) is 6.38. The largest absolute Gasteiger partial charge is 0.480 e. The molecule has 2 aromatic rings. The molecule has 0 amide bonds. The highest BCUT2D eigenvalue weighted by atomic mass is 35.5. The third kappa shape index (κ3) is 6.64. The van der Waals surface area contributed by atoms with Gasteiger partial charge in [0, 0.05) is 10.6 Å². The van der Waals surface area contributed by atoms with E-state index in [9.17, 15) is 8.42 Å². The van der Waals surface area contributed by atoms with Crippen molar-refractivity contribution in [3.63, 3.8) is 0 Å². The van der Waals surface area contributed by atoms with E-state index < -0.39 is 10.1 Å². The highest BCUT2D eigenvalue weighted by Gasteiger charge is 2.18. The molecule has 27 heavy (non-hydrogen) atoms. The van der Waals surface area contributed by atoms with Gasteiger partial charge in [-0.2, -0.15) is 8.42 Å². The number of halogens is 1. The molecule has 2 rings (SSSR count). The van der Waals surface area contributed by atoms with Crippen LogP contribution in [0.25, 0.3) is 0 Å². The first kappa shape index (κ1) is 21.4. The Hall–Kier alpha value is -1.90. The molecule has 0 atom stereocenters. The van der Waals surface area contributed by atoms with E-state index in [1.807, 2.05) is 32.0 Å². The monoisotopic (exact) mass is 414 g/mol. The minimum absolute atomic E-state index is 0.206. The maximum absolute atomic E-state index is 11.3. The van der Waals surface area contributed by atoms with Gasteiger partial charge in [0.15, 0.2) is 0 Å². The number of rotatable bonds is 9. The van der Waals surface area contributed by atoms with Crippen molar-refractivity contribution in [1.29, 1.82) is 0 Å². The Morgan fingerprint density at radius 3 is 2.33 bits per heavy atom. The van der Waals surface area contributed by atoms with Crippen molar-refractivity contribution in [2.45, 2.75) is 33.5 Å². The van der Waals surface area contributed by atoms with Crippen LogP contribution in [-0.2, 0) is 33.9 Å². The smallest absolute Gasteiger partial charge is 0.264 e. The summed E-state index contributed by atoms with van der Waals surface area (Å²) in [5.74, 6) is 0.820. The average Bonchev–Trinajstić information content (AvgIpc) is 2.59. The minimum Gasteiger partial charge on any atom is -0.480 e. The average molecular weight is 415 g/mol. The lowest BCUT2D eigenvalue weighted by Gasteiger charge is -2.15. The molecule has 0 bridgehead atoms. The summed E-state index contributed by atoms with van der Waals surface area (Å²) in [5, 5.41) is 0.588. The van der Waals surface area contributed by atoms with Crippen LogP contribution in [0.3, 0.4) is 0 Å². The fraction of sp³-hybridized carbons (Fsp3) is 0.444. The molecule has 0 fully saturated rings. The number of ether oxygens (including phenoxy) is 2. The molecular weight excluding hydrogens is 392 g/mol. The molecule has 148 valence electrons. The molecule has 0 unspecified atom stereocenters. The SMILES string of the molecule is COc1nc(CC(C)C)c(OCc2ccccc2Cl)nc1COS(C)(=O)=O. The van der Waals surface area contributed by atoms with Crippen LogP contribution in [-0.4, -0.2) is 31.8 Å². The molecule has 0 N–H and O–H groups in total. The molecule has 0 aliphatic heterocycles. The number of aromatic nitrogens is 2. The first-order valence-electron chi connectivity index (χ1n) is 8.34. The van der Waals surface area contributed by atoms with E-state index in [0.717, 1.165) is 11.8 Å². The summed E-state index contributed by atoms with van der Waals surface area (Å²) in [6.07, 6.45) is 1.59. The van der Waals surface area contributed by atoms with Crippen LogP contribution in [0, 0.1) is 5.92 Å². The number of hydrogen-bond acceptors (Lipinski definition) is 7. The fourth-order valence-electron chi connectivity index (χ4n) is 2.29. The summed E-state index contributed by atoms with van der Waals surface area (Å²) in [7, 11) is -2.19. The van der Waals surface area contributed by atoms with Crippen molar-refractivity contribution in [2.24, 2.45) is 5.92 Å². The number of methoxy groups -OCH3 is 1. The second kappa shape index (κ2) is 9.34. The summed E-state index contributed by atoms with van der Waals surface area (Å²) in [4.78, 5) is 8.85. The highest BCUT2D eigenvalue weighted by molar-refractivity contribution is 7.85. The van der Waals surface area contributed by atoms with Crippen LogP contribution in [0.5, 0.6) is 11.8 Å². The van der Waals surface area contributed by atoms with E-state index in [-0.39, 0.29) is 24.8 Å². The standard InChI is InChI=1S/C18H23ClN2O5S/c1-12(2)9-15-18(25-10-13-7-5-6-8-14(13)19)21-16(17(20-15)24-3)11-26-27(4,22)23/h5-8,12H,9-11H2,1-4H3. The first-order valence-corrected chi connectivity index (χ1v) is 10.5. The Morgan fingerprint density at radius 2 is 1.74 bits per heavy atom. The maximum Gasteiger partial charge on any atom is 0.264 e. The second-order valence-corrected chi connectivity index (χ2v) is 8.43.